The summed E-state index contributed by atoms with van der Waals surface area (Å²) in [6, 6.07) is 11.6. The summed E-state index contributed by atoms with van der Waals surface area (Å²) in [6.07, 6.45) is 2.59. The van der Waals surface area contributed by atoms with Crippen LogP contribution in [0, 0.1) is 11.8 Å². The first-order valence-electron chi connectivity index (χ1n) is 5.52. The fraction of sp³-hybridized carbons (Fsp3) is 0.538. The van der Waals surface area contributed by atoms with E-state index in [9.17, 15) is 0 Å². The standard InChI is InChI=1S/C13H19N/c1-10-12(9-13(10)14-2)8-11-6-4-3-5-7-11/h3-7,10,12-14H,8-9H2,1-2H3. The van der Waals surface area contributed by atoms with Crippen LogP contribution in [0.15, 0.2) is 30.3 Å². The highest BCUT2D eigenvalue weighted by molar-refractivity contribution is 5.16. The lowest BCUT2D eigenvalue weighted by Crippen LogP contribution is -2.48. The fourth-order valence-corrected chi connectivity index (χ4v) is 2.45. The predicted molar refractivity (Wildman–Crippen MR) is 60.3 cm³/mol. The number of benzene rings is 1. The second-order valence-electron chi connectivity index (χ2n) is 4.44. The highest BCUT2D eigenvalue weighted by Gasteiger charge is 2.35. The number of nitrogens with one attached hydrogen (secondary N) is 1. The van der Waals surface area contributed by atoms with Gasteiger partial charge in [0.1, 0.15) is 0 Å². The van der Waals surface area contributed by atoms with Crippen molar-refractivity contribution in [3.05, 3.63) is 35.9 Å². The molecule has 1 nitrogen and oxygen atoms in total. The Balaban J connectivity index is 1.89. The SMILES string of the molecule is CNC1CC(Cc2ccccc2)C1C. The fourth-order valence-electron chi connectivity index (χ4n) is 2.45. The van der Waals surface area contributed by atoms with Crippen molar-refractivity contribution in [3.8, 4) is 0 Å². The Labute approximate surface area is 86.5 Å². The van der Waals surface area contributed by atoms with E-state index in [2.05, 4.69) is 49.6 Å². The van der Waals surface area contributed by atoms with Crippen LogP contribution in [-0.2, 0) is 6.42 Å². The van der Waals surface area contributed by atoms with Crippen molar-refractivity contribution in [1.82, 2.24) is 5.32 Å². The molecule has 3 unspecified atom stereocenters. The first-order chi connectivity index (χ1) is 6.81. The van der Waals surface area contributed by atoms with Crippen LogP contribution in [-0.4, -0.2) is 13.1 Å². The van der Waals surface area contributed by atoms with Crippen LogP contribution in [0.25, 0.3) is 0 Å². The van der Waals surface area contributed by atoms with Gasteiger partial charge in [-0.1, -0.05) is 37.3 Å². The van der Waals surface area contributed by atoms with Crippen LogP contribution in [0.3, 0.4) is 0 Å². The Kier molecular flexibility index (Phi) is 2.87. The smallest absolute Gasteiger partial charge is 0.00953 e. The van der Waals surface area contributed by atoms with E-state index in [1.54, 1.807) is 0 Å². The molecule has 0 saturated heterocycles. The van der Waals surface area contributed by atoms with Crippen LogP contribution >= 0.6 is 0 Å². The topological polar surface area (TPSA) is 12.0 Å². The number of hydrogen-bond acceptors (Lipinski definition) is 1. The van der Waals surface area contributed by atoms with E-state index in [0.29, 0.717) is 0 Å². The van der Waals surface area contributed by atoms with E-state index in [1.807, 2.05) is 0 Å². The molecule has 0 aromatic heterocycles. The van der Waals surface area contributed by atoms with Crippen molar-refractivity contribution in [2.24, 2.45) is 11.8 Å². The lowest BCUT2D eigenvalue weighted by Gasteiger charge is -2.43. The van der Waals surface area contributed by atoms with E-state index in [1.165, 1.54) is 18.4 Å². The minimum atomic E-state index is 0.753. The quantitative estimate of drug-likeness (QED) is 0.770. The third-order valence-electron chi connectivity index (χ3n) is 3.65. The van der Waals surface area contributed by atoms with Gasteiger partial charge >= 0.3 is 0 Å². The molecular weight excluding hydrogens is 170 g/mol. The average Bonchev–Trinajstić information content (AvgIpc) is 2.24. The molecule has 1 N–H and O–H groups in total. The van der Waals surface area contributed by atoms with E-state index < -0.39 is 0 Å². The maximum Gasteiger partial charge on any atom is 0.00953 e. The highest BCUT2D eigenvalue weighted by Crippen LogP contribution is 2.36. The second kappa shape index (κ2) is 4.14. The van der Waals surface area contributed by atoms with Gasteiger partial charge in [-0.25, -0.2) is 0 Å². The molecule has 0 bridgehead atoms. The summed E-state index contributed by atoms with van der Waals surface area (Å²) >= 11 is 0. The van der Waals surface area contributed by atoms with Crippen LogP contribution < -0.4 is 5.32 Å². The van der Waals surface area contributed by atoms with Gasteiger partial charge in [0.25, 0.3) is 0 Å². The Morgan fingerprint density at radius 3 is 2.57 bits per heavy atom. The molecule has 3 atom stereocenters. The van der Waals surface area contributed by atoms with Gasteiger partial charge in [-0.2, -0.15) is 0 Å². The van der Waals surface area contributed by atoms with E-state index in [-0.39, 0.29) is 0 Å². The maximum atomic E-state index is 3.37. The Morgan fingerprint density at radius 1 is 1.29 bits per heavy atom. The van der Waals surface area contributed by atoms with Crippen molar-refractivity contribution in [3.63, 3.8) is 0 Å². The molecule has 2 rings (SSSR count). The molecule has 14 heavy (non-hydrogen) atoms. The zero-order valence-electron chi connectivity index (χ0n) is 9.03. The van der Waals surface area contributed by atoms with Gasteiger partial charge in [-0.15, -0.1) is 0 Å². The van der Waals surface area contributed by atoms with Gasteiger partial charge in [-0.05, 0) is 37.3 Å². The normalized spacial score (nSPS) is 31.1. The van der Waals surface area contributed by atoms with Gasteiger partial charge < -0.3 is 5.32 Å². The van der Waals surface area contributed by atoms with Crippen molar-refractivity contribution in [1.29, 1.82) is 0 Å². The minimum absolute atomic E-state index is 0.753. The summed E-state index contributed by atoms with van der Waals surface area (Å²) in [4.78, 5) is 0. The van der Waals surface area contributed by atoms with Crippen LogP contribution in [0.1, 0.15) is 18.9 Å². The Hall–Kier alpha value is -0.820. The molecule has 1 aromatic rings. The van der Waals surface area contributed by atoms with Crippen molar-refractivity contribution in [2.75, 3.05) is 7.05 Å². The van der Waals surface area contributed by atoms with Gasteiger partial charge in [-0.3, -0.25) is 0 Å². The van der Waals surface area contributed by atoms with Crippen LogP contribution in [0.4, 0.5) is 0 Å². The van der Waals surface area contributed by atoms with Crippen molar-refractivity contribution < 1.29 is 0 Å². The summed E-state index contributed by atoms with van der Waals surface area (Å²) in [5, 5.41) is 3.37. The lowest BCUT2D eigenvalue weighted by atomic mass is 9.68. The molecule has 1 aliphatic carbocycles. The van der Waals surface area contributed by atoms with Crippen molar-refractivity contribution >= 4 is 0 Å². The molecule has 0 radical (unpaired) electrons. The Morgan fingerprint density at radius 2 is 2.00 bits per heavy atom. The van der Waals surface area contributed by atoms with E-state index in [0.717, 1.165) is 17.9 Å². The molecule has 1 saturated carbocycles. The summed E-state index contributed by atoms with van der Waals surface area (Å²) in [6.45, 7) is 2.36. The van der Waals surface area contributed by atoms with Crippen LogP contribution in [0.5, 0.6) is 0 Å². The second-order valence-corrected chi connectivity index (χ2v) is 4.44. The summed E-state index contributed by atoms with van der Waals surface area (Å²) in [7, 11) is 2.07. The molecule has 76 valence electrons. The lowest BCUT2D eigenvalue weighted by molar-refractivity contribution is 0.128. The molecule has 1 fully saturated rings. The molecule has 0 heterocycles. The van der Waals surface area contributed by atoms with E-state index in [4.69, 9.17) is 0 Å². The predicted octanol–water partition coefficient (Wildman–Crippen LogP) is 2.47. The molecule has 0 aliphatic heterocycles. The maximum absolute atomic E-state index is 3.37. The minimum Gasteiger partial charge on any atom is -0.317 e. The molecule has 1 heteroatoms. The third kappa shape index (κ3) is 1.83. The molecule has 0 amide bonds. The summed E-state index contributed by atoms with van der Waals surface area (Å²) in [5.41, 5.74) is 1.49. The monoisotopic (exact) mass is 189 g/mol. The molecule has 0 spiro atoms. The largest absolute Gasteiger partial charge is 0.317 e. The zero-order chi connectivity index (χ0) is 9.97. The van der Waals surface area contributed by atoms with Gasteiger partial charge in [0, 0.05) is 6.04 Å². The summed E-state index contributed by atoms with van der Waals surface area (Å²) in [5.74, 6) is 1.72. The number of hydrogen-bond donors (Lipinski definition) is 1. The Bertz CT molecular complexity index is 281. The van der Waals surface area contributed by atoms with Gasteiger partial charge in [0.15, 0.2) is 0 Å². The zero-order valence-corrected chi connectivity index (χ0v) is 9.03. The molecule has 1 aliphatic rings. The summed E-state index contributed by atoms with van der Waals surface area (Å²) < 4.78 is 0. The third-order valence-corrected chi connectivity index (χ3v) is 3.65. The van der Waals surface area contributed by atoms with Gasteiger partial charge in [0.2, 0.25) is 0 Å². The van der Waals surface area contributed by atoms with E-state index >= 15 is 0 Å². The first kappa shape index (κ1) is 9.72. The first-order valence-corrected chi connectivity index (χ1v) is 5.52. The van der Waals surface area contributed by atoms with Crippen molar-refractivity contribution in [2.45, 2.75) is 25.8 Å². The molecule has 1 aromatic carbocycles. The average molecular weight is 189 g/mol. The number of rotatable bonds is 3. The van der Waals surface area contributed by atoms with Crippen LogP contribution in [0.2, 0.25) is 0 Å². The van der Waals surface area contributed by atoms with Gasteiger partial charge in [0.05, 0.1) is 0 Å². The molecular formula is C13H19N. The highest BCUT2D eigenvalue weighted by atomic mass is 14.9.